The van der Waals surface area contributed by atoms with Crippen LogP contribution < -0.4 is 4.72 Å². The third-order valence-corrected chi connectivity index (χ3v) is 5.42. The van der Waals surface area contributed by atoms with Crippen molar-refractivity contribution in [3.63, 3.8) is 0 Å². The predicted octanol–water partition coefficient (Wildman–Crippen LogP) is 1.20. The Morgan fingerprint density at radius 3 is 2.62 bits per heavy atom. The van der Waals surface area contributed by atoms with Crippen LogP contribution in [0.4, 0.5) is 4.79 Å². The fraction of sp³-hybridized carbons (Fsp3) is 0.846. The summed E-state index contributed by atoms with van der Waals surface area (Å²) < 4.78 is 32.6. The Bertz CT molecular complexity index is 517. The van der Waals surface area contributed by atoms with Crippen molar-refractivity contribution in [1.29, 1.82) is 0 Å². The van der Waals surface area contributed by atoms with Crippen molar-refractivity contribution in [3.05, 3.63) is 0 Å². The number of hydrogen-bond acceptors (Lipinski definition) is 5. The summed E-state index contributed by atoms with van der Waals surface area (Å²) in [6, 6.07) is -0.329. The van der Waals surface area contributed by atoms with Crippen molar-refractivity contribution < 1.29 is 22.7 Å². The van der Waals surface area contributed by atoms with Gasteiger partial charge >= 0.3 is 16.3 Å². The van der Waals surface area contributed by atoms with E-state index in [1.165, 1.54) is 4.31 Å². The topological polar surface area (TPSA) is 92.8 Å². The van der Waals surface area contributed by atoms with Gasteiger partial charge < -0.3 is 4.74 Å². The van der Waals surface area contributed by atoms with Gasteiger partial charge in [-0.15, -0.1) is 0 Å². The number of amides is 1. The second-order valence-corrected chi connectivity index (χ2v) is 7.47. The fourth-order valence-corrected chi connectivity index (χ4v) is 4.47. The SMILES string of the molecule is CC(C)OC(=O)NS(=O)(=O)N1CCCC1C1CCCC1=O. The zero-order valence-electron chi connectivity index (χ0n) is 12.4. The first-order valence-electron chi connectivity index (χ1n) is 7.34. The summed E-state index contributed by atoms with van der Waals surface area (Å²) in [5.41, 5.74) is 0. The molecule has 1 amide bonds. The molecule has 0 aromatic rings. The lowest BCUT2D eigenvalue weighted by molar-refractivity contribution is -0.121. The normalized spacial score (nSPS) is 27.3. The number of ketones is 1. The number of nitrogens with zero attached hydrogens (tertiary/aromatic N) is 1. The molecule has 2 fully saturated rings. The quantitative estimate of drug-likeness (QED) is 0.840. The minimum Gasteiger partial charge on any atom is -0.446 e. The molecule has 0 bridgehead atoms. The molecule has 1 N–H and O–H groups in total. The third-order valence-electron chi connectivity index (χ3n) is 3.93. The maximum absolute atomic E-state index is 12.3. The largest absolute Gasteiger partial charge is 0.446 e. The number of ether oxygens (including phenoxy) is 1. The Labute approximate surface area is 125 Å². The Hall–Kier alpha value is -1.15. The van der Waals surface area contributed by atoms with Crippen LogP contribution >= 0.6 is 0 Å². The van der Waals surface area contributed by atoms with Gasteiger partial charge in [0.1, 0.15) is 5.78 Å². The molecule has 120 valence electrons. The lowest BCUT2D eigenvalue weighted by Gasteiger charge is -2.27. The molecule has 1 heterocycles. The molecule has 2 rings (SSSR count). The molecule has 2 atom stereocenters. The molecular formula is C13H22N2O5S. The van der Waals surface area contributed by atoms with E-state index in [4.69, 9.17) is 4.74 Å². The van der Waals surface area contributed by atoms with Crippen molar-refractivity contribution in [1.82, 2.24) is 9.03 Å². The molecule has 0 spiro atoms. The van der Waals surface area contributed by atoms with E-state index in [0.29, 0.717) is 25.8 Å². The summed E-state index contributed by atoms with van der Waals surface area (Å²) in [5, 5.41) is 0. The molecule has 21 heavy (non-hydrogen) atoms. The summed E-state index contributed by atoms with van der Waals surface area (Å²) >= 11 is 0. The molecule has 0 aromatic carbocycles. The number of nitrogens with one attached hydrogen (secondary N) is 1. The van der Waals surface area contributed by atoms with Crippen molar-refractivity contribution >= 4 is 22.1 Å². The van der Waals surface area contributed by atoms with Crippen molar-refractivity contribution in [3.8, 4) is 0 Å². The lowest BCUT2D eigenvalue weighted by atomic mass is 9.96. The molecule has 2 aliphatic rings. The highest BCUT2D eigenvalue weighted by atomic mass is 32.2. The van der Waals surface area contributed by atoms with Gasteiger partial charge in [0, 0.05) is 24.9 Å². The van der Waals surface area contributed by atoms with E-state index in [1.807, 2.05) is 4.72 Å². The first-order chi connectivity index (χ1) is 9.81. The van der Waals surface area contributed by atoms with Crippen LogP contribution in [0, 0.1) is 5.92 Å². The molecule has 1 aliphatic carbocycles. The predicted molar refractivity (Wildman–Crippen MR) is 75.7 cm³/mol. The van der Waals surface area contributed by atoms with Crippen molar-refractivity contribution in [2.75, 3.05) is 6.54 Å². The molecule has 8 heteroatoms. The van der Waals surface area contributed by atoms with E-state index < -0.39 is 22.4 Å². The first kappa shape index (κ1) is 16.2. The first-order valence-corrected chi connectivity index (χ1v) is 8.78. The second kappa shape index (κ2) is 6.31. The number of hydrogen-bond donors (Lipinski definition) is 1. The maximum Gasteiger partial charge on any atom is 0.422 e. The maximum atomic E-state index is 12.3. The van der Waals surface area contributed by atoms with Crippen LogP contribution in [0.2, 0.25) is 0 Å². The minimum atomic E-state index is -3.96. The van der Waals surface area contributed by atoms with E-state index in [9.17, 15) is 18.0 Å². The van der Waals surface area contributed by atoms with Crippen molar-refractivity contribution in [2.45, 2.75) is 58.1 Å². The summed E-state index contributed by atoms with van der Waals surface area (Å²) in [4.78, 5) is 23.4. The number of Topliss-reactive ketones (excluding diaryl/α,β-unsaturated/α-hetero) is 1. The van der Waals surface area contributed by atoms with Crippen LogP contribution in [0.25, 0.3) is 0 Å². The molecule has 1 saturated carbocycles. The van der Waals surface area contributed by atoms with E-state index in [1.54, 1.807) is 13.8 Å². The highest BCUT2D eigenvalue weighted by Gasteiger charge is 2.43. The van der Waals surface area contributed by atoms with Crippen LogP contribution in [-0.4, -0.2) is 43.3 Å². The molecular weight excluding hydrogens is 296 g/mol. The van der Waals surface area contributed by atoms with Crippen LogP contribution in [-0.2, 0) is 19.7 Å². The Morgan fingerprint density at radius 2 is 2.05 bits per heavy atom. The van der Waals surface area contributed by atoms with Gasteiger partial charge in [-0.25, -0.2) is 9.52 Å². The smallest absolute Gasteiger partial charge is 0.422 e. The zero-order chi connectivity index (χ0) is 15.6. The van der Waals surface area contributed by atoms with Crippen LogP contribution in [0.3, 0.4) is 0 Å². The number of carbonyl (C=O) groups excluding carboxylic acids is 2. The summed E-state index contributed by atoms with van der Waals surface area (Å²) in [5.74, 6) is -0.1000. The highest BCUT2D eigenvalue weighted by molar-refractivity contribution is 7.87. The summed E-state index contributed by atoms with van der Waals surface area (Å²) in [6.07, 6.45) is 2.06. The molecule has 0 radical (unpaired) electrons. The molecule has 7 nitrogen and oxygen atoms in total. The summed E-state index contributed by atoms with van der Waals surface area (Å²) in [6.45, 7) is 3.61. The standard InChI is InChI=1S/C13H22N2O5S/c1-9(2)20-13(17)14-21(18,19)15-8-4-6-11(15)10-5-3-7-12(10)16/h9-11H,3-8H2,1-2H3,(H,14,17). The molecule has 1 saturated heterocycles. The Balaban J connectivity index is 2.07. The van der Waals surface area contributed by atoms with Crippen LogP contribution in [0.15, 0.2) is 0 Å². The average Bonchev–Trinajstić information content (AvgIpc) is 2.94. The van der Waals surface area contributed by atoms with Crippen LogP contribution in [0.1, 0.15) is 46.0 Å². The fourth-order valence-electron chi connectivity index (χ4n) is 3.12. The molecule has 2 unspecified atom stereocenters. The van der Waals surface area contributed by atoms with Gasteiger partial charge in [-0.05, 0) is 39.5 Å². The van der Waals surface area contributed by atoms with Gasteiger partial charge in [-0.1, -0.05) is 0 Å². The van der Waals surface area contributed by atoms with Gasteiger partial charge in [-0.2, -0.15) is 12.7 Å². The molecule has 1 aliphatic heterocycles. The van der Waals surface area contributed by atoms with E-state index >= 15 is 0 Å². The Kier molecular flexibility index (Phi) is 4.88. The van der Waals surface area contributed by atoms with E-state index in [0.717, 1.165) is 12.8 Å². The Morgan fingerprint density at radius 1 is 1.33 bits per heavy atom. The van der Waals surface area contributed by atoms with Crippen LogP contribution in [0.5, 0.6) is 0 Å². The average molecular weight is 318 g/mol. The van der Waals surface area contributed by atoms with Gasteiger partial charge in [0.05, 0.1) is 6.10 Å². The highest BCUT2D eigenvalue weighted by Crippen LogP contribution is 2.34. The van der Waals surface area contributed by atoms with E-state index in [-0.39, 0.29) is 17.7 Å². The monoisotopic (exact) mass is 318 g/mol. The van der Waals surface area contributed by atoms with Gasteiger partial charge in [0.2, 0.25) is 0 Å². The van der Waals surface area contributed by atoms with Gasteiger partial charge in [0.25, 0.3) is 0 Å². The molecule has 0 aromatic heterocycles. The van der Waals surface area contributed by atoms with Gasteiger partial charge in [-0.3, -0.25) is 4.79 Å². The second-order valence-electron chi connectivity index (χ2n) is 5.85. The van der Waals surface area contributed by atoms with Crippen molar-refractivity contribution in [2.24, 2.45) is 5.92 Å². The third kappa shape index (κ3) is 3.74. The van der Waals surface area contributed by atoms with E-state index in [2.05, 4.69) is 0 Å². The summed E-state index contributed by atoms with van der Waals surface area (Å²) in [7, 11) is -3.96. The van der Waals surface area contributed by atoms with Gasteiger partial charge in [0.15, 0.2) is 0 Å². The minimum absolute atomic E-state index is 0.131. The zero-order valence-corrected chi connectivity index (χ0v) is 13.2. The lowest BCUT2D eigenvalue weighted by Crippen LogP contribution is -2.48. The number of carbonyl (C=O) groups is 2. The number of rotatable bonds is 4.